The minimum Gasteiger partial charge on any atom is -0.384 e. The fourth-order valence-corrected chi connectivity index (χ4v) is 3.49. The number of anilines is 1. The van der Waals surface area contributed by atoms with Gasteiger partial charge in [-0.05, 0) is 38.3 Å². The van der Waals surface area contributed by atoms with Gasteiger partial charge in [-0.25, -0.2) is 0 Å². The van der Waals surface area contributed by atoms with Gasteiger partial charge in [-0.3, -0.25) is 4.90 Å². The van der Waals surface area contributed by atoms with E-state index in [0.29, 0.717) is 6.10 Å². The van der Waals surface area contributed by atoms with Crippen molar-refractivity contribution < 1.29 is 4.74 Å². The molecule has 0 spiro atoms. The van der Waals surface area contributed by atoms with Crippen molar-refractivity contribution in [3.63, 3.8) is 0 Å². The second-order valence-corrected chi connectivity index (χ2v) is 6.49. The Morgan fingerprint density at radius 2 is 2.20 bits per heavy atom. The third-order valence-electron chi connectivity index (χ3n) is 3.97. The molecule has 0 saturated carbocycles. The summed E-state index contributed by atoms with van der Waals surface area (Å²) >= 11 is 0. The zero-order valence-electron chi connectivity index (χ0n) is 12.6. The predicted molar refractivity (Wildman–Crippen MR) is 85.8 cm³/mol. The first-order valence-corrected chi connectivity index (χ1v) is 7.28. The van der Waals surface area contributed by atoms with Crippen LogP contribution in [0.15, 0.2) is 18.2 Å². The fourth-order valence-electron chi connectivity index (χ4n) is 3.49. The van der Waals surface area contributed by atoms with Crippen molar-refractivity contribution in [1.82, 2.24) is 4.90 Å². The van der Waals surface area contributed by atoms with Crippen molar-refractivity contribution in [1.29, 1.82) is 0 Å². The molecule has 0 aliphatic carbocycles. The highest BCUT2D eigenvalue weighted by atomic mass is 35.5. The smallest absolute Gasteiger partial charge is 0.0757 e. The van der Waals surface area contributed by atoms with Crippen LogP contribution in [-0.2, 0) is 17.7 Å². The number of rotatable bonds is 2. The summed E-state index contributed by atoms with van der Waals surface area (Å²) in [6, 6.07) is 6.69. The van der Waals surface area contributed by atoms with Crippen LogP contribution in [0.3, 0.4) is 0 Å². The van der Waals surface area contributed by atoms with Crippen LogP contribution in [0.5, 0.6) is 0 Å². The van der Waals surface area contributed by atoms with E-state index < -0.39 is 0 Å². The zero-order chi connectivity index (χ0) is 13.5. The average Bonchev–Trinajstić information content (AvgIpc) is 2.75. The number of fused-ring (bicyclic) bond motifs is 1. The summed E-state index contributed by atoms with van der Waals surface area (Å²) in [5, 5.41) is 3.53. The Bertz CT molecular complexity index is 476. The molecule has 0 aromatic heterocycles. The van der Waals surface area contributed by atoms with Gasteiger partial charge < -0.3 is 10.1 Å². The van der Waals surface area contributed by atoms with Crippen molar-refractivity contribution in [3.8, 4) is 0 Å². The van der Waals surface area contributed by atoms with E-state index in [4.69, 9.17) is 4.74 Å². The van der Waals surface area contributed by atoms with E-state index in [1.807, 2.05) is 0 Å². The molecular weight excluding hydrogens is 272 g/mol. The standard InChI is InChI=1S/C16H24N2O.ClH/c1-12-9-18(11-16(2,3)19-12)10-14-6-4-5-13-7-8-17-15(13)14;/h4-6,12,17H,7-11H2,1-3H3;1H. The summed E-state index contributed by atoms with van der Waals surface area (Å²) in [5.41, 5.74) is 4.24. The number of para-hydroxylation sites is 1. The number of halogens is 1. The number of ether oxygens (including phenoxy) is 1. The third kappa shape index (κ3) is 3.27. The van der Waals surface area contributed by atoms with Crippen LogP contribution in [0.4, 0.5) is 5.69 Å². The molecule has 1 aromatic rings. The van der Waals surface area contributed by atoms with Crippen LogP contribution >= 0.6 is 12.4 Å². The fraction of sp³-hybridized carbons (Fsp3) is 0.625. The van der Waals surface area contributed by atoms with Gasteiger partial charge in [0.2, 0.25) is 0 Å². The van der Waals surface area contributed by atoms with Gasteiger partial charge in [-0.2, -0.15) is 0 Å². The van der Waals surface area contributed by atoms with Crippen LogP contribution in [0, 0.1) is 0 Å². The van der Waals surface area contributed by atoms with E-state index in [0.717, 1.165) is 32.6 Å². The van der Waals surface area contributed by atoms with E-state index in [1.165, 1.54) is 16.8 Å². The number of hydrogen-bond acceptors (Lipinski definition) is 3. The van der Waals surface area contributed by atoms with E-state index in [9.17, 15) is 0 Å². The monoisotopic (exact) mass is 296 g/mol. The lowest BCUT2D eigenvalue weighted by molar-refractivity contribution is -0.130. The van der Waals surface area contributed by atoms with E-state index in [-0.39, 0.29) is 18.0 Å². The summed E-state index contributed by atoms with van der Waals surface area (Å²) in [6.45, 7) is 10.7. The minimum absolute atomic E-state index is 0. The first-order valence-electron chi connectivity index (χ1n) is 7.28. The van der Waals surface area contributed by atoms with Gasteiger partial charge in [0.15, 0.2) is 0 Å². The molecule has 1 atom stereocenters. The lowest BCUT2D eigenvalue weighted by atomic mass is 10.0. The second-order valence-electron chi connectivity index (χ2n) is 6.49. The van der Waals surface area contributed by atoms with Gasteiger partial charge in [0.25, 0.3) is 0 Å². The van der Waals surface area contributed by atoms with Crippen LogP contribution < -0.4 is 5.32 Å². The Kier molecular flexibility index (Phi) is 4.62. The van der Waals surface area contributed by atoms with E-state index in [2.05, 4.69) is 49.2 Å². The maximum Gasteiger partial charge on any atom is 0.0757 e. The summed E-state index contributed by atoms with van der Waals surface area (Å²) < 4.78 is 5.98. The molecule has 1 fully saturated rings. The molecule has 112 valence electrons. The maximum absolute atomic E-state index is 5.98. The molecule has 2 heterocycles. The summed E-state index contributed by atoms with van der Waals surface area (Å²) in [5.74, 6) is 0. The van der Waals surface area contributed by atoms with Crippen molar-refractivity contribution in [2.24, 2.45) is 0 Å². The Balaban J connectivity index is 0.00000147. The quantitative estimate of drug-likeness (QED) is 0.908. The lowest BCUT2D eigenvalue weighted by Gasteiger charge is -2.42. The number of benzene rings is 1. The number of morpholine rings is 1. The minimum atomic E-state index is -0.0386. The largest absolute Gasteiger partial charge is 0.384 e. The lowest BCUT2D eigenvalue weighted by Crippen LogP contribution is -2.51. The Hall–Kier alpha value is -0.770. The summed E-state index contributed by atoms with van der Waals surface area (Å²) in [6.07, 6.45) is 1.47. The SMILES string of the molecule is CC1CN(Cc2cccc3c2NCC3)CC(C)(C)O1.Cl. The van der Waals surface area contributed by atoms with Crippen molar-refractivity contribution in [3.05, 3.63) is 29.3 Å². The third-order valence-corrected chi connectivity index (χ3v) is 3.97. The van der Waals surface area contributed by atoms with Gasteiger partial charge in [0.05, 0.1) is 11.7 Å². The topological polar surface area (TPSA) is 24.5 Å². The molecular formula is C16H25ClN2O. The molecule has 2 aliphatic heterocycles. The number of hydrogen-bond donors (Lipinski definition) is 1. The highest BCUT2D eigenvalue weighted by Crippen LogP contribution is 2.29. The Morgan fingerprint density at radius 3 is 2.95 bits per heavy atom. The van der Waals surface area contributed by atoms with Crippen LogP contribution in [0.25, 0.3) is 0 Å². The molecule has 1 unspecified atom stereocenters. The Morgan fingerprint density at radius 1 is 1.40 bits per heavy atom. The number of nitrogens with one attached hydrogen (secondary N) is 1. The van der Waals surface area contributed by atoms with Gasteiger partial charge in [0.1, 0.15) is 0 Å². The van der Waals surface area contributed by atoms with E-state index >= 15 is 0 Å². The number of nitrogens with zero attached hydrogens (tertiary/aromatic N) is 1. The molecule has 1 aromatic carbocycles. The molecule has 2 aliphatic rings. The molecule has 3 rings (SSSR count). The second kappa shape index (κ2) is 5.92. The molecule has 0 bridgehead atoms. The molecule has 4 heteroatoms. The molecule has 1 saturated heterocycles. The molecule has 0 amide bonds. The van der Waals surface area contributed by atoms with Crippen LogP contribution in [0.1, 0.15) is 31.9 Å². The normalized spacial score (nSPS) is 24.6. The van der Waals surface area contributed by atoms with Gasteiger partial charge in [-0.1, -0.05) is 18.2 Å². The predicted octanol–water partition coefficient (Wildman–Crippen LogP) is 3.08. The summed E-state index contributed by atoms with van der Waals surface area (Å²) in [4.78, 5) is 2.52. The van der Waals surface area contributed by atoms with Crippen molar-refractivity contribution in [2.75, 3.05) is 25.0 Å². The highest BCUT2D eigenvalue weighted by molar-refractivity contribution is 5.85. The average molecular weight is 297 g/mol. The molecule has 20 heavy (non-hydrogen) atoms. The van der Waals surface area contributed by atoms with Crippen molar-refractivity contribution >= 4 is 18.1 Å². The van der Waals surface area contributed by atoms with Gasteiger partial charge in [0, 0.05) is 31.9 Å². The zero-order valence-corrected chi connectivity index (χ0v) is 13.4. The summed E-state index contributed by atoms with van der Waals surface area (Å²) in [7, 11) is 0. The maximum atomic E-state index is 5.98. The van der Waals surface area contributed by atoms with Gasteiger partial charge in [-0.15, -0.1) is 12.4 Å². The van der Waals surface area contributed by atoms with Crippen molar-refractivity contribution in [2.45, 2.75) is 45.4 Å². The first-order chi connectivity index (χ1) is 9.03. The van der Waals surface area contributed by atoms with Crippen LogP contribution in [0.2, 0.25) is 0 Å². The Labute approximate surface area is 128 Å². The molecule has 3 nitrogen and oxygen atoms in total. The van der Waals surface area contributed by atoms with Crippen LogP contribution in [-0.4, -0.2) is 36.2 Å². The molecule has 0 radical (unpaired) electrons. The molecule has 1 N–H and O–H groups in total. The highest BCUT2D eigenvalue weighted by Gasteiger charge is 2.31. The van der Waals surface area contributed by atoms with Gasteiger partial charge >= 0.3 is 0 Å². The first kappa shape index (κ1) is 15.6. The van der Waals surface area contributed by atoms with E-state index in [1.54, 1.807) is 0 Å².